The quantitative estimate of drug-likeness (QED) is 0.289. The molecule has 0 radical (unpaired) electrons. The van der Waals surface area contributed by atoms with Crippen molar-refractivity contribution >= 4 is 17.4 Å². The minimum Gasteiger partial charge on any atom is -0.507 e. The fraction of sp³-hybridized carbons (Fsp3) is 0.214. The highest BCUT2D eigenvalue weighted by Crippen LogP contribution is 2.42. The van der Waals surface area contributed by atoms with Crippen LogP contribution in [0, 0.1) is 0 Å². The maximum Gasteiger partial charge on any atom is 0.295 e. The van der Waals surface area contributed by atoms with E-state index < -0.39 is 17.7 Å². The largest absolute Gasteiger partial charge is 0.507 e. The first kappa shape index (κ1) is 23.9. The number of benzene rings is 3. The van der Waals surface area contributed by atoms with Gasteiger partial charge in [0.05, 0.1) is 39.0 Å². The number of methoxy groups -OCH3 is 2. The van der Waals surface area contributed by atoms with E-state index in [4.69, 9.17) is 14.2 Å². The third-order valence-electron chi connectivity index (χ3n) is 5.90. The summed E-state index contributed by atoms with van der Waals surface area (Å²) in [5.41, 5.74) is 1.77. The third-order valence-corrected chi connectivity index (χ3v) is 5.90. The van der Waals surface area contributed by atoms with Gasteiger partial charge in [-0.2, -0.15) is 0 Å². The van der Waals surface area contributed by atoms with E-state index in [0.29, 0.717) is 35.0 Å². The van der Waals surface area contributed by atoms with Gasteiger partial charge in [0, 0.05) is 11.1 Å². The van der Waals surface area contributed by atoms with E-state index in [1.54, 1.807) is 49.6 Å². The molecule has 0 aromatic heterocycles. The normalized spacial score (nSPS) is 16.9. The number of nitrogens with zero attached hydrogens (tertiary/aromatic N) is 1. The molecule has 180 valence electrons. The predicted molar refractivity (Wildman–Crippen MR) is 131 cm³/mol. The number of ether oxygens (including phenoxy) is 3. The van der Waals surface area contributed by atoms with Crippen LogP contribution >= 0.6 is 0 Å². The molecule has 7 heteroatoms. The molecule has 1 aliphatic rings. The first-order chi connectivity index (χ1) is 17.0. The zero-order valence-electron chi connectivity index (χ0n) is 19.9. The van der Waals surface area contributed by atoms with Crippen molar-refractivity contribution in [1.29, 1.82) is 0 Å². The van der Waals surface area contributed by atoms with Crippen molar-refractivity contribution in [2.75, 3.05) is 20.8 Å². The number of hydrogen-bond acceptors (Lipinski definition) is 6. The molecule has 0 aliphatic carbocycles. The van der Waals surface area contributed by atoms with Crippen molar-refractivity contribution in [3.8, 4) is 17.2 Å². The van der Waals surface area contributed by atoms with Gasteiger partial charge in [-0.25, -0.2) is 0 Å². The molecule has 0 saturated carbocycles. The third kappa shape index (κ3) is 4.71. The fourth-order valence-corrected chi connectivity index (χ4v) is 4.27. The van der Waals surface area contributed by atoms with Gasteiger partial charge >= 0.3 is 0 Å². The van der Waals surface area contributed by atoms with Gasteiger partial charge < -0.3 is 24.2 Å². The number of aliphatic hydroxyl groups excluding tert-OH is 1. The van der Waals surface area contributed by atoms with Crippen molar-refractivity contribution in [1.82, 2.24) is 4.90 Å². The van der Waals surface area contributed by atoms with Crippen molar-refractivity contribution in [2.24, 2.45) is 0 Å². The molecule has 3 aromatic rings. The van der Waals surface area contributed by atoms with E-state index in [0.717, 1.165) is 5.56 Å². The smallest absolute Gasteiger partial charge is 0.295 e. The van der Waals surface area contributed by atoms with Crippen LogP contribution in [0.25, 0.3) is 5.76 Å². The van der Waals surface area contributed by atoms with E-state index >= 15 is 0 Å². The van der Waals surface area contributed by atoms with Crippen molar-refractivity contribution in [3.63, 3.8) is 0 Å². The summed E-state index contributed by atoms with van der Waals surface area (Å²) in [5.74, 6) is 0.00116. The van der Waals surface area contributed by atoms with Gasteiger partial charge in [-0.1, -0.05) is 42.5 Å². The Balaban J connectivity index is 1.88. The maximum atomic E-state index is 13.3. The summed E-state index contributed by atoms with van der Waals surface area (Å²) < 4.78 is 16.4. The van der Waals surface area contributed by atoms with Gasteiger partial charge in [0.1, 0.15) is 23.0 Å². The molecule has 1 N–H and O–H groups in total. The molecule has 1 atom stereocenters. The zero-order valence-corrected chi connectivity index (χ0v) is 19.9. The molecule has 1 unspecified atom stereocenters. The number of aliphatic hydroxyl groups is 1. The Labute approximate surface area is 204 Å². The molecule has 1 heterocycles. The van der Waals surface area contributed by atoms with Crippen LogP contribution in [-0.4, -0.2) is 42.5 Å². The Hall–Kier alpha value is -4.26. The summed E-state index contributed by atoms with van der Waals surface area (Å²) in [7, 11) is 3.07. The summed E-state index contributed by atoms with van der Waals surface area (Å²) in [6.45, 7) is 2.46. The summed E-state index contributed by atoms with van der Waals surface area (Å²) in [6, 6.07) is 20.4. The summed E-state index contributed by atoms with van der Waals surface area (Å²) in [5, 5.41) is 11.3. The monoisotopic (exact) mass is 473 g/mol. The molecule has 0 spiro atoms. The van der Waals surface area contributed by atoms with Crippen molar-refractivity contribution < 1.29 is 28.9 Å². The number of carbonyl (C=O) groups excluding carboxylic acids is 2. The summed E-state index contributed by atoms with van der Waals surface area (Å²) in [6.07, 6.45) is 0. The second kappa shape index (κ2) is 10.3. The Morgan fingerprint density at radius 2 is 1.66 bits per heavy atom. The van der Waals surface area contributed by atoms with Crippen molar-refractivity contribution in [2.45, 2.75) is 19.5 Å². The van der Waals surface area contributed by atoms with E-state index in [-0.39, 0.29) is 17.9 Å². The molecule has 1 saturated heterocycles. The van der Waals surface area contributed by atoms with Crippen LogP contribution < -0.4 is 14.2 Å². The number of ketones is 1. The van der Waals surface area contributed by atoms with E-state index in [2.05, 4.69) is 0 Å². The fourth-order valence-electron chi connectivity index (χ4n) is 4.27. The van der Waals surface area contributed by atoms with Crippen LogP contribution in [-0.2, 0) is 16.1 Å². The molecule has 1 amide bonds. The SMILES string of the molecule is CCOc1cccc(C2/C(=C(/O)c3cccc(OC)c3)C(=O)C(=O)N2Cc2ccccc2OC)c1. The van der Waals surface area contributed by atoms with Crippen molar-refractivity contribution in [3.05, 3.63) is 95.1 Å². The lowest BCUT2D eigenvalue weighted by Crippen LogP contribution is -2.29. The van der Waals surface area contributed by atoms with Gasteiger partial charge in [0.25, 0.3) is 11.7 Å². The topological polar surface area (TPSA) is 85.3 Å². The standard InChI is InChI=1S/C28H27NO6/c1-4-35-22-13-7-10-18(15-22)25-24(26(30)19-11-8-12-21(16-19)33-2)27(31)28(32)29(25)17-20-9-5-6-14-23(20)34-3/h5-16,25,30H,4,17H2,1-3H3/b26-24-. The van der Waals surface area contributed by atoms with Gasteiger partial charge in [0.2, 0.25) is 0 Å². The van der Waals surface area contributed by atoms with Crippen LogP contribution in [0.3, 0.4) is 0 Å². The summed E-state index contributed by atoms with van der Waals surface area (Å²) >= 11 is 0. The molecular weight excluding hydrogens is 446 g/mol. The average Bonchev–Trinajstić information content (AvgIpc) is 3.14. The van der Waals surface area contributed by atoms with Crippen LogP contribution in [0.5, 0.6) is 17.2 Å². The Morgan fingerprint density at radius 3 is 2.40 bits per heavy atom. The van der Waals surface area contributed by atoms with Crippen LogP contribution in [0.1, 0.15) is 29.7 Å². The minimum absolute atomic E-state index is 0.00630. The molecule has 1 fully saturated rings. The number of amides is 1. The van der Waals surface area contributed by atoms with Gasteiger partial charge in [0.15, 0.2) is 0 Å². The lowest BCUT2D eigenvalue weighted by molar-refractivity contribution is -0.140. The Morgan fingerprint density at radius 1 is 0.914 bits per heavy atom. The molecule has 35 heavy (non-hydrogen) atoms. The minimum atomic E-state index is -0.827. The van der Waals surface area contributed by atoms with E-state index in [1.165, 1.54) is 12.0 Å². The maximum absolute atomic E-state index is 13.3. The van der Waals surface area contributed by atoms with E-state index in [1.807, 2.05) is 37.3 Å². The van der Waals surface area contributed by atoms with Crippen LogP contribution in [0.2, 0.25) is 0 Å². The average molecular weight is 474 g/mol. The van der Waals surface area contributed by atoms with Gasteiger partial charge in [-0.3, -0.25) is 9.59 Å². The highest BCUT2D eigenvalue weighted by atomic mass is 16.5. The zero-order chi connectivity index (χ0) is 24.9. The summed E-state index contributed by atoms with van der Waals surface area (Å²) in [4.78, 5) is 28.1. The van der Waals surface area contributed by atoms with Gasteiger partial charge in [-0.15, -0.1) is 0 Å². The van der Waals surface area contributed by atoms with Crippen LogP contribution in [0.15, 0.2) is 78.4 Å². The predicted octanol–water partition coefficient (Wildman–Crippen LogP) is 4.72. The number of para-hydroxylation sites is 1. The molecule has 4 rings (SSSR count). The Kier molecular flexibility index (Phi) is 7.06. The number of hydrogen-bond donors (Lipinski definition) is 1. The Bertz CT molecular complexity index is 1280. The lowest BCUT2D eigenvalue weighted by atomic mass is 9.95. The first-order valence-electron chi connectivity index (χ1n) is 11.3. The molecule has 0 bridgehead atoms. The lowest BCUT2D eigenvalue weighted by Gasteiger charge is -2.26. The van der Waals surface area contributed by atoms with E-state index in [9.17, 15) is 14.7 Å². The number of carbonyl (C=O) groups is 2. The highest BCUT2D eigenvalue weighted by molar-refractivity contribution is 6.46. The number of Topliss-reactive ketones (excluding diaryl/α,β-unsaturated/α-hetero) is 1. The second-order valence-corrected chi connectivity index (χ2v) is 7.98. The highest BCUT2D eigenvalue weighted by Gasteiger charge is 2.46. The second-order valence-electron chi connectivity index (χ2n) is 7.98. The molecular formula is C28H27NO6. The van der Waals surface area contributed by atoms with Crippen LogP contribution in [0.4, 0.5) is 0 Å². The molecule has 1 aliphatic heterocycles. The molecule has 7 nitrogen and oxygen atoms in total. The first-order valence-corrected chi connectivity index (χ1v) is 11.3. The van der Waals surface area contributed by atoms with Gasteiger partial charge in [-0.05, 0) is 42.8 Å². The number of likely N-dealkylation sites (tertiary alicyclic amines) is 1. The molecule has 3 aromatic carbocycles. The number of rotatable bonds is 8.